The highest BCUT2D eigenvalue weighted by Crippen LogP contribution is 2.17. The zero-order valence-corrected chi connectivity index (χ0v) is 14.1. The standard InChI is InChI=1S/C19H23FN4O/c20-17-5-7-18(8-6-17)23-9-11-24(12-10-23)19(21)22-13-15-3-1-2-4-16(15)14-25/h1-8,25H,9-14H2,(H2,21,22). The van der Waals surface area contributed by atoms with Gasteiger partial charge in [0, 0.05) is 31.9 Å². The van der Waals surface area contributed by atoms with E-state index in [1.54, 1.807) is 12.1 Å². The van der Waals surface area contributed by atoms with E-state index < -0.39 is 0 Å². The number of aliphatic hydroxyl groups is 1. The van der Waals surface area contributed by atoms with Crippen molar-refractivity contribution in [2.75, 3.05) is 31.1 Å². The third-order valence-electron chi connectivity index (χ3n) is 4.50. The third-order valence-corrected chi connectivity index (χ3v) is 4.50. The number of nitrogens with zero attached hydrogens (tertiary/aromatic N) is 3. The van der Waals surface area contributed by atoms with Crippen LogP contribution < -0.4 is 10.6 Å². The van der Waals surface area contributed by atoms with Crippen LogP contribution in [0.4, 0.5) is 10.1 Å². The van der Waals surface area contributed by atoms with Gasteiger partial charge in [0.1, 0.15) is 5.82 Å². The van der Waals surface area contributed by atoms with E-state index in [1.165, 1.54) is 12.1 Å². The smallest absolute Gasteiger partial charge is 0.191 e. The Labute approximate surface area is 147 Å². The third kappa shape index (κ3) is 4.28. The Morgan fingerprint density at radius 3 is 2.28 bits per heavy atom. The van der Waals surface area contributed by atoms with Gasteiger partial charge < -0.3 is 20.6 Å². The molecule has 6 heteroatoms. The monoisotopic (exact) mass is 342 g/mol. The van der Waals surface area contributed by atoms with Crippen molar-refractivity contribution < 1.29 is 9.50 Å². The molecule has 3 rings (SSSR count). The van der Waals surface area contributed by atoms with Crippen LogP contribution in [0.5, 0.6) is 0 Å². The molecule has 1 aliphatic heterocycles. The molecule has 2 aromatic carbocycles. The van der Waals surface area contributed by atoms with Gasteiger partial charge >= 0.3 is 0 Å². The van der Waals surface area contributed by atoms with E-state index in [1.807, 2.05) is 24.3 Å². The zero-order valence-electron chi connectivity index (χ0n) is 14.1. The maximum atomic E-state index is 13.0. The Balaban J connectivity index is 1.57. The van der Waals surface area contributed by atoms with Gasteiger partial charge in [0.25, 0.3) is 0 Å². The number of piperazine rings is 1. The molecule has 0 aliphatic carbocycles. The summed E-state index contributed by atoms with van der Waals surface area (Å²) in [4.78, 5) is 8.75. The molecule has 0 unspecified atom stereocenters. The molecule has 5 nitrogen and oxygen atoms in total. The highest BCUT2D eigenvalue weighted by Gasteiger charge is 2.18. The van der Waals surface area contributed by atoms with Crippen LogP contribution in [0.1, 0.15) is 11.1 Å². The van der Waals surface area contributed by atoms with Crippen molar-refractivity contribution in [3.8, 4) is 0 Å². The molecule has 25 heavy (non-hydrogen) atoms. The Kier molecular flexibility index (Phi) is 5.50. The van der Waals surface area contributed by atoms with Gasteiger partial charge in [-0.3, -0.25) is 0 Å². The number of halogens is 1. The number of anilines is 1. The highest BCUT2D eigenvalue weighted by atomic mass is 19.1. The summed E-state index contributed by atoms with van der Waals surface area (Å²) in [7, 11) is 0. The van der Waals surface area contributed by atoms with Gasteiger partial charge in [-0.1, -0.05) is 24.3 Å². The van der Waals surface area contributed by atoms with Gasteiger partial charge in [0.2, 0.25) is 0 Å². The van der Waals surface area contributed by atoms with Crippen molar-refractivity contribution in [1.82, 2.24) is 4.90 Å². The molecule has 1 saturated heterocycles. The summed E-state index contributed by atoms with van der Waals surface area (Å²) in [5, 5.41) is 9.37. The summed E-state index contributed by atoms with van der Waals surface area (Å²) >= 11 is 0. The van der Waals surface area contributed by atoms with Crippen LogP contribution in [0.3, 0.4) is 0 Å². The summed E-state index contributed by atoms with van der Waals surface area (Å²) in [5.41, 5.74) is 9.02. The van der Waals surface area contributed by atoms with E-state index >= 15 is 0 Å². The fourth-order valence-electron chi connectivity index (χ4n) is 2.98. The second-order valence-corrected chi connectivity index (χ2v) is 6.05. The predicted molar refractivity (Wildman–Crippen MR) is 97.9 cm³/mol. The van der Waals surface area contributed by atoms with E-state index in [0.717, 1.165) is 43.0 Å². The van der Waals surface area contributed by atoms with Crippen molar-refractivity contribution in [2.45, 2.75) is 13.2 Å². The van der Waals surface area contributed by atoms with Crippen LogP contribution >= 0.6 is 0 Å². The largest absolute Gasteiger partial charge is 0.392 e. The molecule has 0 bridgehead atoms. The van der Waals surface area contributed by atoms with E-state index in [-0.39, 0.29) is 12.4 Å². The van der Waals surface area contributed by atoms with E-state index in [4.69, 9.17) is 5.73 Å². The van der Waals surface area contributed by atoms with Crippen molar-refractivity contribution in [1.29, 1.82) is 0 Å². The Morgan fingerprint density at radius 2 is 1.64 bits per heavy atom. The van der Waals surface area contributed by atoms with Crippen LogP contribution in [0, 0.1) is 5.82 Å². The molecule has 0 aromatic heterocycles. The normalized spacial score (nSPS) is 15.5. The van der Waals surface area contributed by atoms with Crippen LogP contribution in [-0.2, 0) is 13.2 Å². The fraction of sp³-hybridized carbons (Fsp3) is 0.316. The minimum Gasteiger partial charge on any atom is -0.392 e. The Bertz CT molecular complexity index is 724. The van der Waals surface area contributed by atoms with Crippen molar-refractivity contribution in [2.24, 2.45) is 10.7 Å². The molecule has 0 atom stereocenters. The summed E-state index contributed by atoms with van der Waals surface area (Å²) in [5.74, 6) is 0.299. The Hall–Kier alpha value is -2.60. The second kappa shape index (κ2) is 7.98. The lowest BCUT2D eigenvalue weighted by atomic mass is 10.1. The molecular formula is C19H23FN4O. The van der Waals surface area contributed by atoms with Gasteiger partial charge in [0.05, 0.1) is 13.2 Å². The molecule has 132 valence electrons. The number of rotatable bonds is 4. The molecule has 0 spiro atoms. The molecule has 1 fully saturated rings. The SMILES string of the molecule is NC(=NCc1ccccc1CO)N1CCN(c2ccc(F)cc2)CC1. The molecule has 0 saturated carbocycles. The minimum atomic E-state index is -0.220. The molecule has 1 heterocycles. The first-order valence-electron chi connectivity index (χ1n) is 8.40. The fourth-order valence-corrected chi connectivity index (χ4v) is 2.98. The molecule has 2 aromatic rings. The van der Waals surface area contributed by atoms with Crippen molar-refractivity contribution in [3.63, 3.8) is 0 Å². The van der Waals surface area contributed by atoms with E-state index in [2.05, 4.69) is 14.8 Å². The van der Waals surface area contributed by atoms with Gasteiger partial charge in [0.15, 0.2) is 5.96 Å². The number of benzene rings is 2. The van der Waals surface area contributed by atoms with Gasteiger partial charge in [-0.2, -0.15) is 0 Å². The predicted octanol–water partition coefficient (Wildman–Crippen LogP) is 1.95. The second-order valence-electron chi connectivity index (χ2n) is 6.05. The maximum absolute atomic E-state index is 13.0. The topological polar surface area (TPSA) is 65.1 Å². The van der Waals surface area contributed by atoms with Crippen LogP contribution in [0.2, 0.25) is 0 Å². The average molecular weight is 342 g/mol. The first-order valence-corrected chi connectivity index (χ1v) is 8.40. The number of guanidine groups is 1. The first-order chi connectivity index (χ1) is 12.2. The molecular weight excluding hydrogens is 319 g/mol. The zero-order chi connectivity index (χ0) is 17.6. The number of aliphatic imine (C=N–C) groups is 1. The lowest BCUT2D eigenvalue weighted by Gasteiger charge is -2.36. The number of aliphatic hydroxyl groups excluding tert-OH is 1. The summed E-state index contributed by atoms with van der Waals surface area (Å²) < 4.78 is 13.0. The lowest BCUT2D eigenvalue weighted by molar-refractivity contribution is 0.280. The summed E-state index contributed by atoms with van der Waals surface area (Å²) in [6.45, 7) is 3.63. The summed E-state index contributed by atoms with van der Waals surface area (Å²) in [6.07, 6.45) is 0. The first kappa shape index (κ1) is 17.2. The van der Waals surface area contributed by atoms with Crippen molar-refractivity contribution in [3.05, 3.63) is 65.5 Å². The molecule has 0 amide bonds. The molecule has 0 radical (unpaired) electrons. The van der Waals surface area contributed by atoms with Crippen LogP contribution in [0.15, 0.2) is 53.5 Å². The number of nitrogens with two attached hydrogens (primary N) is 1. The number of hydrogen-bond donors (Lipinski definition) is 2. The van der Waals surface area contributed by atoms with E-state index in [9.17, 15) is 9.50 Å². The molecule has 3 N–H and O–H groups in total. The van der Waals surface area contributed by atoms with Gasteiger partial charge in [-0.15, -0.1) is 0 Å². The van der Waals surface area contributed by atoms with Crippen LogP contribution in [0.25, 0.3) is 0 Å². The maximum Gasteiger partial charge on any atom is 0.191 e. The number of hydrogen-bond acceptors (Lipinski definition) is 3. The van der Waals surface area contributed by atoms with Crippen LogP contribution in [-0.4, -0.2) is 42.1 Å². The van der Waals surface area contributed by atoms with Gasteiger partial charge in [-0.05, 0) is 35.4 Å². The summed E-state index contributed by atoms with van der Waals surface area (Å²) in [6, 6.07) is 14.2. The Morgan fingerprint density at radius 1 is 1.00 bits per heavy atom. The van der Waals surface area contributed by atoms with Crippen molar-refractivity contribution >= 4 is 11.6 Å². The quantitative estimate of drug-likeness (QED) is 0.658. The minimum absolute atomic E-state index is 0.00193. The lowest BCUT2D eigenvalue weighted by Crippen LogP contribution is -2.51. The van der Waals surface area contributed by atoms with Gasteiger partial charge in [-0.25, -0.2) is 9.38 Å². The van der Waals surface area contributed by atoms with E-state index in [0.29, 0.717) is 12.5 Å². The highest BCUT2D eigenvalue weighted by molar-refractivity contribution is 5.78. The molecule has 1 aliphatic rings. The average Bonchev–Trinajstić information content (AvgIpc) is 2.67.